The van der Waals surface area contributed by atoms with Crippen LogP contribution in [0, 0.1) is 13.8 Å². The molecule has 0 saturated carbocycles. The second kappa shape index (κ2) is 6.25. The lowest BCUT2D eigenvalue weighted by atomic mass is 10.1. The molecule has 0 bridgehead atoms. The van der Waals surface area contributed by atoms with Gasteiger partial charge in [-0.1, -0.05) is 18.5 Å². The summed E-state index contributed by atoms with van der Waals surface area (Å²) in [5.74, 6) is 1.54. The maximum Gasteiger partial charge on any atom is 0.135 e. The standard InChI is InChI=1S/C16H19ClN2O/c1-4-12-8-13(5-6-15(12)17)20-16-7-10(2)19-11(3)14(16)9-18/h5-8H,4,9,18H2,1-3H3. The SMILES string of the molecule is CCc1cc(Oc2cc(C)nc(C)c2CN)ccc1Cl. The highest BCUT2D eigenvalue weighted by Crippen LogP contribution is 2.30. The summed E-state index contributed by atoms with van der Waals surface area (Å²) in [6, 6.07) is 7.61. The van der Waals surface area contributed by atoms with Gasteiger partial charge in [-0.3, -0.25) is 4.98 Å². The lowest BCUT2D eigenvalue weighted by Gasteiger charge is -2.14. The third kappa shape index (κ3) is 3.11. The van der Waals surface area contributed by atoms with Crippen molar-refractivity contribution in [2.75, 3.05) is 0 Å². The maximum atomic E-state index is 6.12. The number of pyridine rings is 1. The zero-order valence-electron chi connectivity index (χ0n) is 12.0. The predicted molar refractivity (Wildman–Crippen MR) is 82.5 cm³/mol. The van der Waals surface area contributed by atoms with Gasteiger partial charge in [-0.15, -0.1) is 0 Å². The minimum atomic E-state index is 0.405. The second-order valence-corrected chi connectivity index (χ2v) is 5.15. The summed E-state index contributed by atoms with van der Waals surface area (Å²) in [5.41, 5.74) is 9.62. The van der Waals surface area contributed by atoms with Crippen LogP contribution >= 0.6 is 11.6 Å². The molecule has 0 saturated heterocycles. The summed E-state index contributed by atoms with van der Waals surface area (Å²) in [6.45, 7) is 6.36. The first kappa shape index (κ1) is 14.8. The van der Waals surface area contributed by atoms with Gasteiger partial charge in [0.25, 0.3) is 0 Å². The smallest absolute Gasteiger partial charge is 0.135 e. The van der Waals surface area contributed by atoms with Gasteiger partial charge in [0, 0.05) is 34.6 Å². The van der Waals surface area contributed by atoms with Crippen LogP contribution in [0.15, 0.2) is 24.3 Å². The van der Waals surface area contributed by atoms with Crippen molar-refractivity contribution in [3.8, 4) is 11.5 Å². The van der Waals surface area contributed by atoms with Gasteiger partial charge in [-0.25, -0.2) is 0 Å². The van der Waals surface area contributed by atoms with Crippen molar-refractivity contribution in [1.29, 1.82) is 0 Å². The van der Waals surface area contributed by atoms with E-state index in [2.05, 4.69) is 11.9 Å². The van der Waals surface area contributed by atoms with Gasteiger partial charge >= 0.3 is 0 Å². The van der Waals surface area contributed by atoms with Crippen molar-refractivity contribution in [3.63, 3.8) is 0 Å². The number of halogens is 1. The van der Waals surface area contributed by atoms with Crippen LogP contribution in [-0.4, -0.2) is 4.98 Å². The van der Waals surface area contributed by atoms with Crippen LogP contribution in [-0.2, 0) is 13.0 Å². The van der Waals surface area contributed by atoms with E-state index in [1.807, 2.05) is 38.1 Å². The highest BCUT2D eigenvalue weighted by Gasteiger charge is 2.10. The number of aromatic nitrogens is 1. The number of rotatable bonds is 4. The van der Waals surface area contributed by atoms with Gasteiger partial charge in [0.2, 0.25) is 0 Å². The van der Waals surface area contributed by atoms with E-state index in [1.54, 1.807) is 0 Å². The van der Waals surface area contributed by atoms with Gasteiger partial charge < -0.3 is 10.5 Å². The molecule has 0 atom stereocenters. The molecule has 0 amide bonds. The first-order chi connectivity index (χ1) is 9.55. The second-order valence-electron chi connectivity index (χ2n) is 4.74. The molecule has 0 radical (unpaired) electrons. The van der Waals surface area contributed by atoms with Crippen LogP contribution in [0.2, 0.25) is 5.02 Å². The zero-order chi connectivity index (χ0) is 14.7. The quantitative estimate of drug-likeness (QED) is 0.919. The monoisotopic (exact) mass is 290 g/mol. The van der Waals surface area contributed by atoms with Crippen LogP contribution in [0.5, 0.6) is 11.5 Å². The van der Waals surface area contributed by atoms with Crippen LogP contribution in [0.3, 0.4) is 0 Å². The van der Waals surface area contributed by atoms with E-state index < -0.39 is 0 Å². The molecule has 20 heavy (non-hydrogen) atoms. The Labute approximate surface area is 124 Å². The molecule has 1 aromatic carbocycles. The molecule has 0 fully saturated rings. The molecule has 1 aromatic heterocycles. The van der Waals surface area contributed by atoms with Crippen LogP contribution in [0.4, 0.5) is 0 Å². The van der Waals surface area contributed by atoms with Gasteiger partial charge in [0.05, 0.1) is 0 Å². The Morgan fingerprint density at radius 2 is 2.00 bits per heavy atom. The zero-order valence-corrected chi connectivity index (χ0v) is 12.8. The molecule has 2 aromatic rings. The molecular formula is C16H19ClN2O. The molecule has 1 heterocycles. The van der Waals surface area contributed by atoms with Gasteiger partial charge in [-0.2, -0.15) is 0 Å². The van der Waals surface area contributed by atoms with Crippen molar-refractivity contribution in [2.24, 2.45) is 5.73 Å². The Kier molecular flexibility index (Phi) is 4.63. The maximum absolute atomic E-state index is 6.12. The summed E-state index contributed by atoms with van der Waals surface area (Å²) in [7, 11) is 0. The average Bonchev–Trinajstić information content (AvgIpc) is 2.40. The molecule has 106 valence electrons. The fourth-order valence-electron chi connectivity index (χ4n) is 2.17. The molecule has 4 heteroatoms. The van der Waals surface area contributed by atoms with E-state index in [0.29, 0.717) is 6.54 Å². The normalized spacial score (nSPS) is 10.7. The summed E-state index contributed by atoms with van der Waals surface area (Å²) in [5, 5.41) is 0.765. The Morgan fingerprint density at radius 3 is 2.65 bits per heavy atom. The summed E-state index contributed by atoms with van der Waals surface area (Å²) in [4.78, 5) is 4.41. The summed E-state index contributed by atoms with van der Waals surface area (Å²) >= 11 is 6.12. The van der Waals surface area contributed by atoms with Crippen molar-refractivity contribution in [1.82, 2.24) is 4.98 Å². The molecule has 3 nitrogen and oxygen atoms in total. The highest BCUT2D eigenvalue weighted by molar-refractivity contribution is 6.31. The number of hydrogen-bond acceptors (Lipinski definition) is 3. The average molecular weight is 291 g/mol. The molecular weight excluding hydrogens is 272 g/mol. The molecule has 0 aliphatic carbocycles. The molecule has 0 unspecified atom stereocenters. The fraction of sp³-hybridized carbons (Fsp3) is 0.312. The molecule has 2 N–H and O–H groups in total. The molecule has 2 rings (SSSR count). The van der Waals surface area contributed by atoms with E-state index in [9.17, 15) is 0 Å². The lowest BCUT2D eigenvalue weighted by Crippen LogP contribution is -2.05. The Balaban J connectivity index is 2.39. The van der Waals surface area contributed by atoms with Gasteiger partial charge in [0.15, 0.2) is 0 Å². The number of aryl methyl sites for hydroxylation is 3. The topological polar surface area (TPSA) is 48.1 Å². The summed E-state index contributed by atoms with van der Waals surface area (Å²) in [6.07, 6.45) is 0.869. The lowest BCUT2D eigenvalue weighted by molar-refractivity contribution is 0.473. The Bertz CT molecular complexity index is 626. The van der Waals surface area contributed by atoms with Crippen LogP contribution in [0.25, 0.3) is 0 Å². The third-order valence-electron chi connectivity index (χ3n) is 3.25. The Morgan fingerprint density at radius 1 is 1.25 bits per heavy atom. The van der Waals surface area contributed by atoms with E-state index in [4.69, 9.17) is 22.1 Å². The first-order valence-electron chi connectivity index (χ1n) is 6.68. The van der Waals surface area contributed by atoms with E-state index in [0.717, 1.165) is 45.5 Å². The van der Waals surface area contributed by atoms with Crippen molar-refractivity contribution >= 4 is 11.6 Å². The van der Waals surface area contributed by atoms with Crippen molar-refractivity contribution in [2.45, 2.75) is 33.7 Å². The van der Waals surface area contributed by atoms with E-state index in [-0.39, 0.29) is 0 Å². The van der Waals surface area contributed by atoms with Crippen LogP contribution in [0.1, 0.15) is 29.4 Å². The predicted octanol–water partition coefficient (Wildman–Crippen LogP) is 4.17. The number of benzene rings is 1. The van der Waals surface area contributed by atoms with E-state index in [1.165, 1.54) is 0 Å². The largest absolute Gasteiger partial charge is 0.457 e. The van der Waals surface area contributed by atoms with Crippen LogP contribution < -0.4 is 10.5 Å². The number of hydrogen-bond donors (Lipinski definition) is 1. The number of nitrogens with two attached hydrogens (primary N) is 1. The summed E-state index contributed by atoms with van der Waals surface area (Å²) < 4.78 is 5.98. The third-order valence-corrected chi connectivity index (χ3v) is 3.62. The van der Waals surface area contributed by atoms with Crippen molar-refractivity contribution < 1.29 is 4.74 Å². The highest BCUT2D eigenvalue weighted by atomic mass is 35.5. The van der Waals surface area contributed by atoms with Gasteiger partial charge in [0.1, 0.15) is 11.5 Å². The molecule has 0 aliphatic heterocycles. The minimum Gasteiger partial charge on any atom is -0.457 e. The fourth-order valence-corrected chi connectivity index (χ4v) is 2.42. The number of ether oxygens (including phenoxy) is 1. The number of nitrogens with zero attached hydrogens (tertiary/aromatic N) is 1. The van der Waals surface area contributed by atoms with Crippen molar-refractivity contribution in [3.05, 3.63) is 51.8 Å². The molecule has 0 spiro atoms. The Hall–Kier alpha value is -1.58. The van der Waals surface area contributed by atoms with Gasteiger partial charge in [-0.05, 0) is 44.0 Å². The molecule has 0 aliphatic rings. The van der Waals surface area contributed by atoms with E-state index >= 15 is 0 Å². The minimum absolute atomic E-state index is 0.405. The first-order valence-corrected chi connectivity index (χ1v) is 7.06.